The molecular weight excluding hydrogens is 261 g/mol. The molecule has 1 N–H and O–H groups in total. The van der Waals surface area contributed by atoms with Crippen LogP contribution in [0.25, 0.3) is 0 Å². The van der Waals surface area contributed by atoms with Crippen molar-refractivity contribution in [2.45, 2.75) is 38.6 Å². The number of amides is 1. The van der Waals surface area contributed by atoms with Gasteiger partial charge >= 0.3 is 5.97 Å². The normalized spacial score (nSPS) is 19.5. The Bertz CT molecular complexity index is 530. The van der Waals surface area contributed by atoms with Crippen molar-refractivity contribution in [3.05, 3.63) is 35.1 Å². The molecule has 1 aliphatic rings. The van der Waals surface area contributed by atoms with E-state index in [2.05, 4.69) is 0 Å². The number of nitrogens with zero attached hydrogens (tertiary/aromatic N) is 1. The molecule has 0 bridgehead atoms. The van der Waals surface area contributed by atoms with Gasteiger partial charge in [0.1, 0.15) is 11.9 Å². The van der Waals surface area contributed by atoms with Crippen LogP contribution in [0, 0.1) is 12.7 Å². The number of benzene rings is 1. The molecule has 5 heteroatoms. The van der Waals surface area contributed by atoms with Crippen molar-refractivity contribution in [2.24, 2.45) is 0 Å². The highest BCUT2D eigenvalue weighted by atomic mass is 19.1. The van der Waals surface area contributed by atoms with Gasteiger partial charge in [-0.3, -0.25) is 4.79 Å². The number of aliphatic carboxylic acids is 1. The second-order valence-electron chi connectivity index (χ2n) is 5.19. The molecule has 0 saturated carbocycles. The Morgan fingerprint density at radius 2 is 2.05 bits per heavy atom. The van der Waals surface area contributed by atoms with E-state index in [1.54, 1.807) is 13.0 Å². The van der Waals surface area contributed by atoms with Crippen LogP contribution in [-0.2, 0) is 4.79 Å². The Morgan fingerprint density at radius 3 is 2.75 bits per heavy atom. The highest BCUT2D eigenvalue weighted by molar-refractivity contribution is 5.97. The zero-order chi connectivity index (χ0) is 14.7. The second kappa shape index (κ2) is 6.03. The average Bonchev–Trinajstić information content (AvgIpc) is 2.66. The molecular formula is C15H18FNO3. The Kier molecular flexibility index (Phi) is 4.37. The van der Waals surface area contributed by atoms with E-state index in [0.717, 1.165) is 24.8 Å². The molecule has 1 saturated heterocycles. The summed E-state index contributed by atoms with van der Waals surface area (Å²) in [5.41, 5.74) is 0.731. The first-order valence-electron chi connectivity index (χ1n) is 6.80. The molecule has 4 nitrogen and oxygen atoms in total. The second-order valence-corrected chi connectivity index (χ2v) is 5.19. The first-order valence-corrected chi connectivity index (χ1v) is 6.80. The monoisotopic (exact) mass is 279 g/mol. The van der Waals surface area contributed by atoms with Crippen molar-refractivity contribution in [1.82, 2.24) is 4.90 Å². The van der Waals surface area contributed by atoms with Crippen molar-refractivity contribution < 1.29 is 19.1 Å². The average molecular weight is 279 g/mol. The minimum absolute atomic E-state index is 0.0434. The summed E-state index contributed by atoms with van der Waals surface area (Å²) < 4.78 is 13.8. The summed E-state index contributed by atoms with van der Waals surface area (Å²) in [6.07, 6.45) is 2.85. The number of likely N-dealkylation sites (tertiary alicyclic amines) is 1. The molecule has 0 aromatic heterocycles. The van der Waals surface area contributed by atoms with Gasteiger partial charge in [0.05, 0.1) is 5.56 Å². The predicted molar refractivity (Wildman–Crippen MR) is 72.1 cm³/mol. The third-order valence-electron chi connectivity index (χ3n) is 3.65. The van der Waals surface area contributed by atoms with Gasteiger partial charge in [0.25, 0.3) is 5.91 Å². The van der Waals surface area contributed by atoms with Crippen LogP contribution in [0.15, 0.2) is 18.2 Å². The summed E-state index contributed by atoms with van der Waals surface area (Å²) in [6.45, 7) is 2.14. The lowest BCUT2D eigenvalue weighted by Gasteiger charge is -2.27. The van der Waals surface area contributed by atoms with E-state index in [1.165, 1.54) is 17.0 Å². The van der Waals surface area contributed by atoms with Gasteiger partial charge in [-0.2, -0.15) is 0 Å². The number of hydrogen-bond acceptors (Lipinski definition) is 2. The van der Waals surface area contributed by atoms with Crippen LogP contribution in [0.5, 0.6) is 0 Å². The molecule has 0 spiro atoms. The van der Waals surface area contributed by atoms with Gasteiger partial charge in [-0.25, -0.2) is 9.18 Å². The number of rotatable bonds is 2. The lowest BCUT2D eigenvalue weighted by molar-refractivity contribution is -0.142. The lowest BCUT2D eigenvalue weighted by atomic mass is 10.1. The SMILES string of the molecule is Cc1ccc(F)c(C(=O)N2CCCCCC2C(=O)O)c1. The summed E-state index contributed by atoms with van der Waals surface area (Å²) in [7, 11) is 0. The highest BCUT2D eigenvalue weighted by Gasteiger charge is 2.32. The number of aryl methyl sites for hydroxylation is 1. The number of carboxylic acid groups (broad SMARTS) is 1. The van der Waals surface area contributed by atoms with Gasteiger partial charge in [-0.15, -0.1) is 0 Å². The first kappa shape index (κ1) is 14.5. The number of hydrogen-bond donors (Lipinski definition) is 1. The van der Waals surface area contributed by atoms with Gasteiger partial charge in [0, 0.05) is 6.54 Å². The maximum absolute atomic E-state index is 13.8. The standard InChI is InChI=1S/C15H18FNO3/c1-10-6-7-12(16)11(9-10)14(18)17-8-4-2-3-5-13(17)15(19)20/h6-7,9,13H,2-5,8H2,1H3,(H,19,20). The van der Waals surface area contributed by atoms with Crippen LogP contribution in [0.4, 0.5) is 4.39 Å². The number of halogens is 1. The Morgan fingerprint density at radius 1 is 1.30 bits per heavy atom. The Labute approximate surface area is 117 Å². The fraction of sp³-hybridized carbons (Fsp3) is 0.467. The van der Waals surface area contributed by atoms with E-state index < -0.39 is 23.7 Å². The molecule has 2 rings (SSSR count). The van der Waals surface area contributed by atoms with E-state index in [1.807, 2.05) is 0 Å². The van der Waals surface area contributed by atoms with E-state index in [0.29, 0.717) is 13.0 Å². The van der Waals surface area contributed by atoms with Gasteiger partial charge in [0.15, 0.2) is 0 Å². The Balaban J connectivity index is 2.33. The molecule has 1 aromatic rings. The molecule has 108 valence electrons. The molecule has 1 aromatic carbocycles. The van der Waals surface area contributed by atoms with Crippen LogP contribution < -0.4 is 0 Å². The summed E-state index contributed by atoms with van der Waals surface area (Å²) in [5, 5.41) is 9.27. The van der Waals surface area contributed by atoms with E-state index in [4.69, 9.17) is 0 Å². The zero-order valence-electron chi connectivity index (χ0n) is 11.4. The molecule has 0 aliphatic carbocycles. The van der Waals surface area contributed by atoms with Crippen LogP contribution in [0.1, 0.15) is 41.6 Å². The molecule has 1 heterocycles. The molecule has 20 heavy (non-hydrogen) atoms. The molecule has 1 atom stereocenters. The molecule has 1 amide bonds. The van der Waals surface area contributed by atoms with Crippen LogP contribution in [-0.4, -0.2) is 34.5 Å². The predicted octanol–water partition coefficient (Wildman–Crippen LogP) is 2.60. The molecule has 0 radical (unpaired) electrons. The summed E-state index contributed by atoms with van der Waals surface area (Å²) in [4.78, 5) is 25.1. The van der Waals surface area contributed by atoms with Gasteiger partial charge in [0.2, 0.25) is 0 Å². The van der Waals surface area contributed by atoms with E-state index in [-0.39, 0.29) is 5.56 Å². The van der Waals surface area contributed by atoms with E-state index >= 15 is 0 Å². The fourth-order valence-electron chi connectivity index (χ4n) is 2.57. The smallest absolute Gasteiger partial charge is 0.326 e. The largest absolute Gasteiger partial charge is 0.480 e. The minimum Gasteiger partial charge on any atom is -0.480 e. The third-order valence-corrected chi connectivity index (χ3v) is 3.65. The number of carbonyl (C=O) groups excluding carboxylic acids is 1. The number of carboxylic acids is 1. The van der Waals surface area contributed by atoms with Gasteiger partial charge in [-0.05, 0) is 31.9 Å². The highest BCUT2D eigenvalue weighted by Crippen LogP contribution is 2.21. The third kappa shape index (κ3) is 2.98. The first-order chi connectivity index (χ1) is 9.50. The summed E-state index contributed by atoms with van der Waals surface area (Å²) in [5.74, 6) is -2.15. The Hall–Kier alpha value is -1.91. The summed E-state index contributed by atoms with van der Waals surface area (Å²) >= 11 is 0. The van der Waals surface area contributed by atoms with Gasteiger partial charge in [-0.1, -0.05) is 24.5 Å². The maximum Gasteiger partial charge on any atom is 0.326 e. The quantitative estimate of drug-likeness (QED) is 0.905. The minimum atomic E-state index is -1.02. The molecule has 1 unspecified atom stereocenters. The van der Waals surface area contributed by atoms with Gasteiger partial charge < -0.3 is 10.0 Å². The van der Waals surface area contributed by atoms with Crippen molar-refractivity contribution in [3.63, 3.8) is 0 Å². The van der Waals surface area contributed by atoms with Crippen molar-refractivity contribution >= 4 is 11.9 Å². The van der Waals surface area contributed by atoms with E-state index in [9.17, 15) is 19.1 Å². The fourth-order valence-corrected chi connectivity index (χ4v) is 2.57. The van der Waals surface area contributed by atoms with Crippen LogP contribution in [0.3, 0.4) is 0 Å². The van der Waals surface area contributed by atoms with Crippen LogP contribution in [0.2, 0.25) is 0 Å². The summed E-state index contributed by atoms with van der Waals surface area (Å²) in [6, 6.07) is 3.45. The number of carbonyl (C=O) groups is 2. The lowest BCUT2D eigenvalue weighted by Crippen LogP contribution is -2.45. The molecule has 1 fully saturated rings. The van der Waals surface area contributed by atoms with Crippen molar-refractivity contribution in [1.29, 1.82) is 0 Å². The zero-order valence-corrected chi connectivity index (χ0v) is 11.4. The topological polar surface area (TPSA) is 57.6 Å². The van der Waals surface area contributed by atoms with Crippen molar-refractivity contribution in [3.8, 4) is 0 Å². The molecule has 1 aliphatic heterocycles. The van der Waals surface area contributed by atoms with Crippen molar-refractivity contribution in [2.75, 3.05) is 6.54 Å². The maximum atomic E-state index is 13.8. The van der Waals surface area contributed by atoms with Crippen LogP contribution >= 0.6 is 0 Å².